The molecule has 5 heteroatoms. The lowest BCUT2D eigenvalue weighted by molar-refractivity contribution is 0.322. The normalized spacial score (nSPS) is 28.0. The Morgan fingerprint density at radius 2 is 2.00 bits per heavy atom. The van der Waals surface area contributed by atoms with Crippen LogP contribution in [0.2, 0.25) is 0 Å². The monoisotopic (exact) mass is 291 g/mol. The largest absolute Gasteiger partial charge is 0.340 e. The molecule has 1 aromatic heterocycles. The van der Waals surface area contributed by atoms with Gasteiger partial charge in [-0.1, -0.05) is 20.3 Å². The van der Waals surface area contributed by atoms with Gasteiger partial charge >= 0.3 is 0 Å². The van der Waals surface area contributed by atoms with Gasteiger partial charge in [0.25, 0.3) is 0 Å². The summed E-state index contributed by atoms with van der Waals surface area (Å²) in [5, 5.41) is 7.69. The molecule has 1 aromatic rings. The summed E-state index contributed by atoms with van der Waals surface area (Å²) in [6.45, 7) is 8.87. The van der Waals surface area contributed by atoms with E-state index in [1.54, 1.807) is 0 Å². The minimum atomic E-state index is 0.300. The Morgan fingerprint density at radius 3 is 2.57 bits per heavy atom. The van der Waals surface area contributed by atoms with Gasteiger partial charge in [0.05, 0.1) is 0 Å². The van der Waals surface area contributed by atoms with Crippen molar-refractivity contribution >= 4 is 5.95 Å². The molecule has 0 aromatic carbocycles. The Kier molecular flexibility index (Phi) is 3.95. The lowest BCUT2D eigenvalue weighted by Gasteiger charge is -2.33. The number of hydrogen-bond acceptors (Lipinski definition) is 4. The van der Waals surface area contributed by atoms with Gasteiger partial charge in [-0.05, 0) is 43.9 Å². The third kappa shape index (κ3) is 2.93. The summed E-state index contributed by atoms with van der Waals surface area (Å²) in [7, 11) is 0. The van der Waals surface area contributed by atoms with Crippen molar-refractivity contribution in [1.82, 2.24) is 15.2 Å². The van der Waals surface area contributed by atoms with Crippen LogP contribution in [-0.4, -0.2) is 34.3 Å². The van der Waals surface area contributed by atoms with E-state index in [9.17, 15) is 0 Å². The van der Waals surface area contributed by atoms with Crippen molar-refractivity contribution in [3.63, 3.8) is 0 Å². The molecule has 2 aliphatic rings. The molecule has 2 unspecified atom stereocenters. The molecule has 0 amide bonds. The highest BCUT2D eigenvalue weighted by molar-refractivity contribution is 5.30. The van der Waals surface area contributed by atoms with Crippen molar-refractivity contribution in [3.05, 3.63) is 5.82 Å². The van der Waals surface area contributed by atoms with Gasteiger partial charge in [0.2, 0.25) is 5.95 Å². The number of aromatic nitrogens is 3. The van der Waals surface area contributed by atoms with E-state index in [2.05, 4.69) is 35.9 Å². The highest BCUT2D eigenvalue weighted by Gasteiger charge is 2.38. The van der Waals surface area contributed by atoms with Crippen molar-refractivity contribution in [3.8, 4) is 0 Å². The maximum Gasteiger partial charge on any atom is 0.244 e. The number of nitrogens with one attached hydrogen (secondary N) is 1. The first-order valence-electron chi connectivity index (χ1n) is 8.40. The van der Waals surface area contributed by atoms with E-state index in [-0.39, 0.29) is 0 Å². The van der Waals surface area contributed by atoms with Crippen LogP contribution in [0.25, 0.3) is 0 Å². The van der Waals surface area contributed by atoms with Gasteiger partial charge in [-0.3, -0.25) is 5.10 Å². The number of nitrogens with two attached hydrogens (primary N) is 1. The highest BCUT2D eigenvalue weighted by atomic mass is 15.4. The fourth-order valence-electron chi connectivity index (χ4n) is 4.02. The average Bonchev–Trinajstić information content (AvgIpc) is 3.04. The van der Waals surface area contributed by atoms with E-state index in [1.807, 2.05) is 0 Å². The zero-order valence-electron chi connectivity index (χ0n) is 13.6. The molecule has 2 heterocycles. The zero-order valence-corrected chi connectivity index (χ0v) is 13.6. The molecular weight excluding hydrogens is 262 g/mol. The number of anilines is 1. The first-order valence-corrected chi connectivity index (χ1v) is 8.40. The fraction of sp³-hybridized carbons (Fsp3) is 0.875. The van der Waals surface area contributed by atoms with Gasteiger partial charge in [-0.2, -0.15) is 4.98 Å². The minimum Gasteiger partial charge on any atom is -0.340 e. The van der Waals surface area contributed by atoms with Crippen molar-refractivity contribution in [2.45, 2.75) is 64.8 Å². The molecule has 0 radical (unpaired) electrons. The van der Waals surface area contributed by atoms with Crippen LogP contribution in [0.3, 0.4) is 0 Å². The summed E-state index contributed by atoms with van der Waals surface area (Å²) in [6.07, 6.45) is 6.11. The van der Waals surface area contributed by atoms with Crippen LogP contribution in [0.1, 0.15) is 64.6 Å². The van der Waals surface area contributed by atoms with Crippen molar-refractivity contribution in [2.75, 3.05) is 18.0 Å². The molecule has 2 fully saturated rings. The van der Waals surface area contributed by atoms with Crippen LogP contribution in [0.15, 0.2) is 0 Å². The van der Waals surface area contributed by atoms with Gasteiger partial charge in [0.15, 0.2) is 0 Å². The van der Waals surface area contributed by atoms with Crippen LogP contribution in [0, 0.1) is 11.3 Å². The third-order valence-corrected chi connectivity index (χ3v) is 5.64. The SMILES string of the molecule is CC(N)C1CCN(c2n[nH]c(C3CCCC3(C)C)n2)CC1. The second kappa shape index (κ2) is 5.59. The molecule has 1 saturated heterocycles. The average molecular weight is 291 g/mol. The molecular formula is C16H29N5. The predicted octanol–water partition coefficient (Wildman–Crippen LogP) is 2.66. The van der Waals surface area contributed by atoms with Gasteiger partial charge in [-0.25, -0.2) is 0 Å². The summed E-state index contributed by atoms with van der Waals surface area (Å²) < 4.78 is 0. The molecule has 0 bridgehead atoms. The Morgan fingerprint density at radius 1 is 1.29 bits per heavy atom. The summed E-state index contributed by atoms with van der Waals surface area (Å²) >= 11 is 0. The zero-order chi connectivity index (χ0) is 15.0. The van der Waals surface area contributed by atoms with Gasteiger partial charge < -0.3 is 10.6 Å². The third-order valence-electron chi connectivity index (χ3n) is 5.64. The Balaban J connectivity index is 1.66. The molecule has 1 aliphatic carbocycles. The summed E-state index contributed by atoms with van der Waals surface area (Å²) in [5.74, 6) is 3.14. The number of H-pyrrole nitrogens is 1. The highest BCUT2D eigenvalue weighted by Crippen LogP contribution is 2.47. The first-order chi connectivity index (χ1) is 9.97. The van der Waals surface area contributed by atoms with Crippen LogP contribution in [0.5, 0.6) is 0 Å². The Bertz CT molecular complexity index is 471. The summed E-state index contributed by atoms with van der Waals surface area (Å²) in [5.41, 5.74) is 6.36. The molecule has 1 aliphatic heterocycles. The fourth-order valence-corrected chi connectivity index (χ4v) is 4.02. The molecule has 3 rings (SSSR count). The Labute approximate surface area is 127 Å². The number of rotatable bonds is 3. The number of aromatic amines is 1. The quantitative estimate of drug-likeness (QED) is 0.898. The van der Waals surface area contributed by atoms with E-state index >= 15 is 0 Å². The van der Waals surface area contributed by atoms with E-state index < -0.39 is 0 Å². The summed E-state index contributed by atoms with van der Waals surface area (Å²) in [4.78, 5) is 7.12. The lowest BCUT2D eigenvalue weighted by Crippen LogP contribution is -2.40. The van der Waals surface area contributed by atoms with Crippen molar-refractivity contribution in [2.24, 2.45) is 17.1 Å². The van der Waals surface area contributed by atoms with Crippen LogP contribution >= 0.6 is 0 Å². The van der Waals surface area contributed by atoms with Gasteiger partial charge in [0.1, 0.15) is 5.82 Å². The second-order valence-electron chi connectivity index (χ2n) is 7.64. The summed E-state index contributed by atoms with van der Waals surface area (Å²) in [6, 6.07) is 0.300. The second-order valence-corrected chi connectivity index (χ2v) is 7.64. The van der Waals surface area contributed by atoms with E-state index in [0.717, 1.165) is 37.7 Å². The molecule has 1 saturated carbocycles. The maximum atomic E-state index is 6.01. The number of hydrogen-bond donors (Lipinski definition) is 2. The van der Waals surface area contributed by atoms with E-state index in [4.69, 9.17) is 10.7 Å². The standard InChI is InChI=1S/C16H29N5/c1-11(17)12-6-9-21(10-7-12)15-18-14(19-20-15)13-5-4-8-16(13,2)3/h11-13H,4-10,17H2,1-3H3,(H,18,19,20). The molecule has 2 atom stereocenters. The predicted molar refractivity (Wildman–Crippen MR) is 85.3 cm³/mol. The molecule has 5 nitrogen and oxygen atoms in total. The molecule has 0 spiro atoms. The maximum absolute atomic E-state index is 6.01. The van der Waals surface area contributed by atoms with Gasteiger partial charge in [0, 0.05) is 25.0 Å². The van der Waals surface area contributed by atoms with E-state index in [1.165, 1.54) is 19.3 Å². The van der Waals surface area contributed by atoms with E-state index in [0.29, 0.717) is 23.3 Å². The molecule has 118 valence electrons. The van der Waals surface area contributed by atoms with Crippen LogP contribution in [0.4, 0.5) is 5.95 Å². The van der Waals surface area contributed by atoms with Crippen LogP contribution < -0.4 is 10.6 Å². The minimum absolute atomic E-state index is 0.300. The van der Waals surface area contributed by atoms with Crippen molar-refractivity contribution in [1.29, 1.82) is 0 Å². The van der Waals surface area contributed by atoms with Crippen LogP contribution in [-0.2, 0) is 0 Å². The smallest absolute Gasteiger partial charge is 0.244 e. The topological polar surface area (TPSA) is 70.8 Å². The molecule has 3 N–H and O–H groups in total. The number of nitrogens with zero attached hydrogens (tertiary/aromatic N) is 3. The number of piperidine rings is 1. The molecule has 21 heavy (non-hydrogen) atoms. The van der Waals surface area contributed by atoms with Gasteiger partial charge in [-0.15, -0.1) is 5.10 Å². The Hall–Kier alpha value is -1.10. The van der Waals surface area contributed by atoms with Crippen molar-refractivity contribution < 1.29 is 0 Å². The first kappa shape index (κ1) is 14.8. The lowest BCUT2D eigenvalue weighted by atomic mass is 9.81.